The van der Waals surface area contributed by atoms with Gasteiger partial charge in [-0.05, 0) is 63.4 Å². The van der Waals surface area contributed by atoms with Crippen LogP contribution in [0.2, 0.25) is 0 Å². The van der Waals surface area contributed by atoms with Crippen LogP contribution >= 0.6 is 0 Å². The molecule has 2 rings (SSSR count). The Labute approximate surface area is 118 Å². The van der Waals surface area contributed by atoms with Crippen molar-refractivity contribution in [3.8, 4) is 0 Å². The standard InChI is InChI=1S/C16H22F3N/c1-3-20-8-6-13(7-9-20)11-14-5-4-12(2)10-15(14)16(17,18)19/h4-5,10,13H,3,6-9,11H2,1-2H3. The first-order valence-electron chi connectivity index (χ1n) is 7.29. The molecule has 4 heteroatoms. The van der Waals surface area contributed by atoms with Crippen molar-refractivity contribution in [1.82, 2.24) is 4.90 Å². The number of likely N-dealkylation sites (tertiary alicyclic amines) is 1. The molecule has 0 aliphatic carbocycles. The number of alkyl halides is 3. The molecule has 0 saturated carbocycles. The number of piperidine rings is 1. The molecule has 0 atom stereocenters. The van der Waals surface area contributed by atoms with E-state index in [1.165, 1.54) is 6.07 Å². The molecule has 0 N–H and O–H groups in total. The van der Waals surface area contributed by atoms with E-state index in [1.54, 1.807) is 19.1 Å². The molecule has 1 saturated heterocycles. The fraction of sp³-hybridized carbons (Fsp3) is 0.625. The SMILES string of the molecule is CCN1CCC(Cc2ccc(C)cc2C(F)(F)F)CC1. The molecule has 1 fully saturated rings. The predicted molar refractivity (Wildman–Crippen MR) is 74.7 cm³/mol. The summed E-state index contributed by atoms with van der Waals surface area (Å²) >= 11 is 0. The summed E-state index contributed by atoms with van der Waals surface area (Å²) in [6, 6.07) is 4.71. The van der Waals surface area contributed by atoms with E-state index >= 15 is 0 Å². The highest BCUT2D eigenvalue weighted by molar-refractivity contribution is 5.34. The van der Waals surface area contributed by atoms with Gasteiger partial charge in [0.15, 0.2) is 0 Å². The van der Waals surface area contributed by atoms with Crippen molar-refractivity contribution in [3.63, 3.8) is 0 Å². The topological polar surface area (TPSA) is 3.24 Å². The van der Waals surface area contributed by atoms with Crippen molar-refractivity contribution in [3.05, 3.63) is 34.9 Å². The Kier molecular flexibility index (Phi) is 4.74. The molecule has 0 radical (unpaired) electrons. The quantitative estimate of drug-likeness (QED) is 0.801. The largest absolute Gasteiger partial charge is 0.416 e. The third-order valence-electron chi connectivity index (χ3n) is 4.23. The maximum atomic E-state index is 13.1. The van der Waals surface area contributed by atoms with Gasteiger partial charge in [-0.1, -0.05) is 24.6 Å². The first-order valence-corrected chi connectivity index (χ1v) is 7.29. The van der Waals surface area contributed by atoms with Crippen LogP contribution in [0.4, 0.5) is 13.2 Å². The van der Waals surface area contributed by atoms with Gasteiger partial charge in [-0.2, -0.15) is 13.2 Å². The lowest BCUT2D eigenvalue weighted by Gasteiger charge is -2.31. The van der Waals surface area contributed by atoms with Crippen molar-refractivity contribution >= 4 is 0 Å². The van der Waals surface area contributed by atoms with E-state index in [1.807, 2.05) is 0 Å². The van der Waals surface area contributed by atoms with Crippen LogP contribution in [-0.2, 0) is 12.6 Å². The van der Waals surface area contributed by atoms with E-state index in [4.69, 9.17) is 0 Å². The number of rotatable bonds is 3. The lowest BCUT2D eigenvalue weighted by molar-refractivity contribution is -0.138. The highest BCUT2D eigenvalue weighted by atomic mass is 19.4. The van der Waals surface area contributed by atoms with Gasteiger partial charge < -0.3 is 4.90 Å². The lowest BCUT2D eigenvalue weighted by Crippen LogP contribution is -2.34. The smallest absolute Gasteiger partial charge is 0.304 e. The van der Waals surface area contributed by atoms with E-state index in [0.717, 1.165) is 32.5 Å². The summed E-state index contributed by atoms with van der Waals surface area (Å²) in [6.45, 7) is 6.88. The third-order valence-corrected chi connectivity index (χ3v) is 4.23. The summed E-state index contributed by atoms with van der Waals surface area (Å²) in [7, 11) is 0. The van der Waals surface area contributed by atoms with E-state index < -0.39 is 11.7 Å². The monoisotopic (exact) mass is 285 g/mol. The minimum absolute atomic E-state index is 0.376. The van der Waals surface area contributed by atoms with Crippen LogP contribution in [0, 0.1) is 12.8 Å². The predicted octanol–water partition coefficient (Wildman–Crippen LogP) is 4.29. The summed E-state index contributed by atoms with van der Waals surface area (Å²) in [6.07, 6.45) is -1.70. The summed E-state index contributed by atoms with van der Waals surface area (Å²) < 4.78 is 39.3. The molecule has 1 aliphatic heterocycles. The second-order valence-corrected chi connectivity index (χ2v) is 5.74. The first kappa shape index (κ1) is 15.4. The van der Waals surface area contributed by atoms with Gasteiger partial charge in [-0.3, -0.25) is 0 Å². The van der Waals surface area contributed by atoms with Gasteiger partial charge in [0.25, 0.3) is 0 Å². The molecule has 1 heterocycles. The van der Waals surface area contributed by atoms with Gasteiger partial charge in [0.1, 0.15) is 0 Å². The molecule has 0 spiro atoms. The Hall–Kier alpha value is -1.03. The summed E-state index contributed by atoms with van der Waals surface area (Å²) in [5, 5.41) is 0. The number of halogens is 3. The van der Waals surface area contributed by atoms with Gasteiger partial charge in [0, 0.05) is 0 Å². The van der Waals surface area contributed by atoms with Gasteiger partial charge in [-0.15, -0.1) is 0 Å². The first-order chi connectivity index (χ1) is 9.40. The van der Waals surface area contributed by atoms with Crippen molar-refractivity contribution in [2.24, 2.45) is 5.92 Å². The van der Waals surface area contributed by atoms with Crippen LogP contribution in [0.3, 0.4) is 0 Å². The number of hydrogen-bond acceptors (Lipinski definition) is 1. The Morgan fingerprint density at radius 1 is 1.20 bits per heavy atom. The summed E-state index contributed by atoms with van der Waals surface area (Å²) in [4.78, 5) is 2.36. The Morgan fingerprint density at radius 3 is 2.40 bits per heavy atom. The molecule has 0 amide bonds. The normalized spacial score (nSPS) is 18.4. The molecule has 0 aromatic heterocycles. The van der Waals surface area contributed by atoms with Gasteiger partial charge in [0.05, 0.1) is 5.56 Å². The van der Waals surface area contributed by atoms with Crippen LogP contribution in [0.5, 0.6) is 0 Å². The van der Waals surface area contributed by atoms with Crippen LogP contribution in [0.15, 0.2) is 18.2 Å². The molecular weight excluding hydrogens is 263 g/mol. The highest BCUT2D eigenvalue weighted by Gasteiger charge is 2.34. The van der Waals surface area contributed by atoms with Crippen LogP contribution < -0.4 is 0 Å². The lowest BCUT2D eigenvalue weighted by atomic mass is 9.88. The molecule has 1 aromatic rings. The van der Waals surface area contributed by atoms with E-state index in [-0.39, 0.29) is 0 Å². The molecule has 1 aromatic carbocycles. The minimum atomic E-state index is -4.24. The Balaban J connectivity index is 2.10. The molecule has 1 aliphatic rings. The fourth-order valence-electron chi connectivity index (χ4n) is 2.95. The van der Waals surface area contributed by atoms with Crippen molar-refractivity contribution in [1.29, 1.82) is 0 Å². The minimum Gasteiger partial charge on any atom is -0.304 e. The van der Waals surface area contributed by atoms with Crippen molar-refractivity contribution < 1.29 is 13.2 Å². The second kappa shape index (κ2) is 6.17. The third kappa shape index (κ3) is 3.75. The van der Waals surface area contributed by atoms with E-state index in [0.29, 0.717) is 23.5 Å². The number of nitrogens with zero attached hydrogens (tertiary/aromatic N) is 1. The number of hydrogen-bond donors (Lipinski definition) is 0. The molecular formula is C16H22F3N. The molecule has 1 nitrogen and oxygen atoms in total. The maximum absolute atomic E-state index is 13.1. The van der Waals surface area contributed by atoms with Gasteiger partial charge in [0.2, 0.25) is 0 Å². The van der Waals surface area contributed by atoms with Gasteiger partial charge >= 0.3 is 6.18 Å². The second-order valence-electron chi connectivity index (χ2n) is 5.74. The van der Waals surface area contributed by atoms with Crippen LogP contribution in [-0.4, -0.2) is 24.5 Å². The Morgan fingerprint density at radius 2 is 1.85 bits per heavy atom. The van der Waals surface area contributed by atoms with Crippen molar-refractivity contribution in [2.45, 2.75) is 39.3 Å². The highest BCUT2D eigenvalue weighted by Crippen LogP contribution is 2.34. The van der Waals surface area contributed by atoms with E-state index in [9.17, 15) is 13.2 Å². The number of benzene rings is 1. The molecule has 20 heavy (non-hydrogen) atoms. The average Bonchev–Trinajstić information content (AvgIpc) is 2.40. The van der Waals surface area contributed by atoms with Gasteiger partial charge in [-0.25, -0.2) is 0 Å². The maximum Gasteiger partial charge on any atom is 0.416 e. The molecule has 0 bridgehead atoms. The number of aryl methyl sites for hydroxylation is 1. The molecule has 112 valence electrons. The van der Waals surface area contributed by atoms with Crippen LogP contribution in [0.1, 0.15) is 36.5 Å². The van der Waals surface area contributed by atoms with E-state index in [2.05, 4.69) is 11.8 Å². The summed E-state index contributed by atoms with van der Waals surface area (Å²) in [5.74, 6) is 0.376. The summed E-state index contributed by atoms with van der Waals surface area (Å²) in [5.41, 5.74) is 0.676. The Bertz CT molecular complexity index is 446. The van der Waals surface area contributed by atoms with Crippen molar-refractivity contribution in [2.75, 3.05) is 19.6 Å². The zero-order chi connectivity index (χ0) is 14.8. The fourth-order valence-corrected chi connectivity index (χ4v) is 2.95. The van der Waals surface area contributed by atoms with Crippen LogP contribution in [0.25, 0.3) is 0 Å². The zero-order valence-electron chi connectivity index (χ0n) is 12.1. The zero-order valence-corrected chi connectivity index (χ0v) is 12.1. The average molecular weight is 285 g/mol. The molecule has 0 unspecified atom stereocenters.